The van der Waals surface area contributed by atoms with Gasteiger partial charge in [-0.15, -0.1) is 13.8 Å². The smallest absolute Gasteiger partial charge is 1.00 e. The maximum absolute atomic E-state index is 3.36. The molecule has 0 aromatic rings. The molecule has 2 aliphatic carbocycles. The second-order valence-corrected chi connectivity index (χ2v) is 5.29. The molecule has 0 spiro atoms. The van der Waals surface area contributed by atoms with Gasteiger partial charge in [-0.1, -0.05) is 47.0 Å². The molecule has 0 radical (unpaired) electrons. The molecule has 20 heavy (non-hydrogen) atoms. The van der Waals surface area contributed by atoms with Crippen molar-refractivity contribution in [1.29, 1.82) is 0 Å². The van der Waals surface area contributed by atoms with Crippen LogP contribution in [0.1, 0.15) is 54.9 Å². The van der Waals surface area contributed by atoms with Crippen molar-refractivity contribution >= 4 is 0 Å². The normalized spacial score (nSPS) is 20.1. The summed E-state index contributed by atoms with van der Waals surface area (Å²) >= 11 is 0. The minimum Gasteiger partial charge on any atom is -1.00 e. The van der Waals surface area contributed by atoms with Crippen molar-refractivity contribution in [3.05, 3.63) is 45.6 Å². The van der Waals surface area contributed by atoms with Crippen LogP contribution in [0.25, 0.3) is 0 Å². The van der Waals surface area contributed by atoms with Gasteiger partial charge in [0.25, 0.3) is 0 Å². The van der Waals surface area contributed by atoms with Crippen LogP contribution in [0.15, 0.2) is 33.4 Å². The van der Waals surface area contributed by atoms with Gasteiger partial charge >= 0.3 is 26.2 Å². The summed E-state index contributed by atoms with van der Waals surface area (Å²) in [6.07, 6.45) is 7.77. The van der Waals surface area contributed by atoms with E-state index in [1.165, 1.54) is 33.4 Å². The molecule has 0 bridgehead atoms. The second kappa shape index (κ2) is 11.1. The van der Waals surface area contributed by atoms with Crippen molar-refractivity contribution in [1.82, 2.24) is 0 Å². The van der Waals surface area contributed by atoms with E-state index < -0.39 is 0 Å². The Bertz CT molecular complexity index is 440. The molecule has 0 N–H and O–H groups in total. The third-order valence-corrected chi connectivity index (χ3v) is 3.81. The quantitative estimate of drug-likeness (QED) is 0.476. The zero-order valence-electron chi connectivity index (χ0n) is 13.5. The number of hydrogen-bond acceptors (Lipinski definition) is 0. The maximum atomic E-state index is 3.36. The van der Waals surface area contributed by atoms with Gasteiger partial charge < -0.3 is 24.8 Å². The average Bonchev–Trinajstić information content (AvgIpc) is 2.64. The summed E-state index contributed by atoms with van der Waals surface area (Å²) in [5.41, 5.74) is 8.43. The van der Waals surface area contributed by atoms with Crippen LogP contribution in [-0.4, -0.2) is 0 Å². The molecular formula is C17H24Cl2Zr. The van der Waals surface area contributed by atoms with E-state index in [0.717, 1.165) is 6.42 Å². The Kier molecular flexibility index (Phi) is 14.0. The molecule has 0 amide bonds. The number of allylic oxidation sites excluding steroid dienone is 8. The van der Waals surface area contributed by atoms with Gasteiger partial charge in [-0.25, -0.2) is 22.8 Å². The van der Waals surface area contributed by atoms with Crippen molar-refractivity contribution in [2.45, 2.75) is 54.9 Å². The van der Waals surface area contributed by atoms with E-state index in [9.17, 15) is 0 Å². The molecule has 0 saturated carbocycles. The molecule has 0 fully saturated rings. The zero-order chi connectivity index (χ0) is 13.2. The molecular weight excluding hydrogens is 366 g/mol. The molecule has 0 aromatic heterocycles. The van der Waals surface area contributed by atoms with Crippen LogP contribution < -0.4 is 24.8 Å². The van der Waals surface area contributed by atoms with Crippen molar-refractivity contribution < 1.29 is 51.0 Å². The molecule has 0 saturated heterocycles. The first-order chi connectivity index (χ1) is 7.82. The molecule has 110 valence electrons. The minimum atomic E-state index is 0. The monoisotopic (exact) mass is 388 g/mol. The van der Waals surface area contributed by atoms with Gasteiger partial charge in [0.15, 0.2) is 0 Å². The van der Waals surface area contributed by atoms with Gasteiger partial charge in [0, 0.05) is 0 Å². The molecule has 2 rings (SSSR count). The van der Waals surface area contributed by atoms with Gasteiger partial charge in [0.05, 0.1) is 0 Å². The average molecular weight is 391 g/mol. The molecule has 2 aliphatic rings. The van der Waals surface area contributed by atoms with E-state index >= 15 is 0 Å². The van der Waals surface area contributed by atoms with E-state index in [2.05, 4.69) is 60.6 Å². The molecule has 0 aliphatic heterocycles. The van der Waals surface area contributed by atoms with Gasteiger partial charge in [0.1, 0.15) is 0 Å². The fraction of sp³-hybridized carbons (Fsp3) is 0.529. The Morgan fingerprint density at radius 1 is 0.950 bits per heavy atom. The van der Waals surface area contributed by atoms with Gasteiger partial charge in [0.2, 0.25) is 0 Å². The first-order valence-corrected chi connectivity index (χ1v) is 6.36. The number of rotatable bonds is 0. The van der Waals surface area contributed by atoms with Crippen molar-refractivity contribution in [2.24, 2.45) is 5.92 Å². The van der Waals surface area contributed by atoms with Gasteiger partial charge in [-0.3, -0.25) is 6.08 Å². The summed E-state index contributed by atoms with van der Waals surface area (Å²) in [7, 11) is 0. The van der Waals surface area contributed by atoms with Crippen LogP contribution >= 0.6 is 0 Å². The van der Waals surface area contributed by atoms with E-state index in [1.807, 2.05) is 0 Å². The Labute approximate surface area is 156 Å². The maximum Gasteiger partial charge on any atom is 4.00 e. The standard InChI is InChI=1S/C9H13.C8H11.2ClH.Zr/c1-6-5-7(2)9(4)8(6)3;1-6-4-7(2)8(3)5-6;;;/h6H,1-4H3;4H2,1-3H3;2*1H;/q2*-1;;;+4/p-2. The number of halogens is 2. The van der Waals surface area contributed by atoms with Gasteiger partial charge in [-0.05, 0) is 0 Å². The second-order valence-electron chi connectivity index (χ2n) is 5.29. The molecule has 1 atom stereocenters. The summed E-state index contributed by atoms with van der Waals surface area (Å²) in [5, 5.41) is 0. The summed E-state index contributed by atoms with van der Waals surface area (Å²) in [6, 6.07) is 0. The predicted molar refractivity (Wildman–Crippen MR) is 75.4 cm³/mol. The summed E-state index contributed by atoms with van der Waals surface area (Å²) in [5.74, 6) is 0.560. The van der Waals surface area contributed by atoms with E-state index in [0.29, 0.717) is 5.92 Å². The Balaban J connectivity index is -0.000000252. The van der Waals surface area contributed by atoms with Crippen LogP contribution in [0.4, 0.5) is 0 Å². The first-order valence-electron chi connectivity index (χ1n) is 6.36. The van der Waals surface area contributed by atoms with Crippen molar-refractivity contribution in [2.75, 3.05) is 0 Å². The van der Waals surface area contributed by atoms with Crippen LogP contribution in [0.5, 0.6) is 0 Å². The predicted octanol–water partition coefficient (Wildman–Crippen LogP) is -0.797. The SMILES string of the molecule is CC1=[C-]C(C)=C(C)C1.CC1=[C-]C(C)C(C)=C1C.[Cl-].[Cl-].[Zr+4]. The third kappa shape index (κ3) is 6.92. The van der Waals surface area contributed by atoms with Gasteiger partial charge in [-0.2, -0.15) is 16.7 Å². The van der Waals surface area contributed by atoms with Crippen molar-refractivity contribution in [3.8, 4) is 0 Å². The zero-order valence-corrected chi connectivity index (χ0v) is 17.5. The fourth-order valence-corrected chi connectivity index (χ4v) is 2.16. The van der Waals surface area contributed by atoms with E-state index in [4.69, 9.17) is 0 Å². The van der Waals surface area contributed by atoms with Crippen LogP contribution in [0, 0.1) is 18.1 Å². The molecule has 1 unspecified atom stereocenters. The largest absolute Gasteiger partial charge is 4.00 e. The summed E-state index contributed by atoms with van der Waals surface area (Å²) < 4.78 is 0. The first kappa shape index (κ1) is 25.4. The van der Waals surface area contributed by atoms with Crippen LogP contribution in [0.3, 0.4) is 0 Å². The fourth-order valence-electron chi connectivity index (χ4n) is 2.16. The van der Waals surface area contributed by atoms with Crippen LogP contribution in [0.2, 0.25) is 0 Å². The van der Waals surface area contributed by atoms with E-state index in [-0.39, 0.29) is 51.0 Å². The Hall–Kier alpha value is 0.423. The van der Waals surface area contributed by atoms with Crippen molar-refractivity contribution in [3.63, 3.8) is 0 Å². The van der Waals surface area contributed by atoms with E-state index in [1.54, 1.807) is 0 Å². The minimum absolute atomic E-state index is 0. The summed E-state index contributed by atoms with van der Waals surface area (Å²) in [6.45, 7) is 15.1. The topological polar surface area (TPSA) is 0 Å². The molecule has 0 aromatic carbocycles. The molecule has 0 nitrogen and oxygen atoms in total. The molecule has 0 heterocycles. The molecule has 3 heteroatoms. The number of hydrogen-bond donors (Lipinski definition) is 0. The van der Waals surface area contributed by atoms with Crippen LogP contribution in [-0.2, 0) is 26.2 Å². The third-order valence-electron chi connectivity index (χ3n) is 3.81. The Morgan fingerprint density at radius 3 is 1.55 bits per heavy atom. The summed E-state index contributed by atoms with van der Waals surface area (Å²) in [4.78, 5) is 0. The Morgan fingerprint density at radius 2 is 1.45 bits per heavy atom.